The molecule has 3 unspecified atom stereocenters. The average Bonchev–Trinajstić information content (AvgIpc) is 2.84. The van der Waals surface area contributed by atoms with Gasteiger partial charge in [0.2, 0.25) is 23.6 Å². The Hall–Kier alpha value is -4.45. The van der Waals surface area contributed by atoms with Crippen LogP contribution in [-0.2, 0) is 36.8 Å². The third-order valence-electron chi connectivity index (χ3n) is 5.15. The Labute approximate surface area is 207 Å². The van der Waals surface area contributed by atoms with E-state index in [4.69, 9.17) is 11.5 Å². The van der Waals surface area contributed by atoms with E-state index in [0.717, 1.165) is 0 Å². The molecule has 0 aliphatic rings. The molecule has 0 aromatic heterocycles. The van der Waals surface area contributed by atoms with E-state index in [-0.39, 0.29) is 25.1 Å². The second-order valence-corrected chi connectivity index (χ2v) is 8.02. The zero-order chi connectivity index (χ0) is 26.7. The van der Waals surface area contributed by atoms with Gasteiger partial charge in [-0.25, -0.2) is 4.79 Å². The second-order valence-electron chi connectivity index (χ2n) is 8.02. The minimum atomic E-state index is -1.50. The Balaban J connectivity index is 2.18. The van der Waals surface area contributed by atoms with Crippen LogP contribution in [0.15, 0.2) is 54.6 Å². The molecular weight excluding hydrogens is 470 g/mol. The molecule has 0 aliphatic heterocycles. The van der Waals surface area contributed by atoms with E-state index in [1.807, 2.05) is 0 Å². The number of nitrogens with two attached hydrogens (primary N) is 2. The van der Waals surface area contributed by atoms with Gasteiger partial charge in [-0.2, -0.15) is 0 Å². The van der Waals surface area contributed by atoms with Gasteiger partial charge in [-0.15, -0.1) is 0 Å². The largest absolute Gasteiger partial charge is 0.508 e. The summed E-state index contributed by atoms with van der Waals surface area (Å²) >= 11 is 0. The highest BCUT2D eigenvalue weighted by molar-refractivity contribution is 5.96. The van der Waals surface area contributed by atoms with Crippen molar-refractivity contribution < 1.29 is 34.2 Å². The first-order valence-corrected chi connectivity index (χ1v) is 11.0. The molecule has 9 N–H and O–H groups in total. The van der Waals surface area contributed by atoms with Gasteiger partial charge >= 0.3 is 5.97 Å². The number of phenolic OH excluding ortho intramolecular Hbond substituents is 1. The SMILES string of the molecule is NCC(=O)NC(Cc1ccccc1)C(=O)NC(CC(N)=O)C(=O)NC(Cc1ccc(O)cc1)C(=O)O. The van der Waals surface area contributed by atoms with Crippen LogP contribution < -0.4 is 27.4 Å². The number of nitrogens with one attached hydrogen (secondary N) is 3. The first-order chi connectivity index (χ1) is 17.1. The van der Waals surface area contributed by atoms with E-state index in [9.17, 15) is 34.2 Å². The summed E-state index contributed by atoms with van der Waals surface area (Å²) in [4.78, 5) is 61.1. The van der Waals surface area contributed by atoms with Crippen molar-refractivity contribution in [2.24, 2.45) is 11.5 Å². The third-order valence-corrected chi connectivity index (χ3v) is 5.15. The number of benzene rings is 2. The van der Waals surface area contributed by atoms with E-state index < -0.39 is 54.1 Å². The number of aliphatic carboxylic acids is 1. The first kappa shape index (κ1) is 27.8. The maximum atomic E-state index is 13.0. The molecule has 0 saturated heterocycles. The lowest BCUT2D eigenvalue weighted by molar-refractivity contribution is -0.142. The molecule has 2 aromatic rings. The normalized spacial score (nSPS) is 13.0. The van der Waals surface area contributed by atoms with Gasteiger partial charge < -0.3 is 37.6 Å². The van der Waals surface area contributed by atoms with Gasteiger partial charge in [0.05, 0.1) is 13.0 Å². The molecule has 0 heterocycles. The van der Waals surface area contributed by atoms with E-state index in [1.54, 1.807) is 30.3 Å². The fourth-order valence-electron chi connectivity index (χ4n) is 3.34. The molecule has 192 valence electrons. The minimum Gasteiger partial charge on any atom is -0.508 e. The van der Waals surface area contributed by atoms with Crippen molar-refractivity contribution in [3.05, 3.63) is 65.7 Å². The monoisotopic (exact) mass is 499 g/mol. The van der Waals surface area contributed by atoms with Gasteiger partial charge in [-0.3, -0.25) is 19.2 Å². The lowest BCUT2D eigenvalue weighted by Crippen LogP contribution is -2.57. The fourth-order valence-corrected chi connectivity index (χ4v) is 3.34. The number of aromatic hydroxyl groups is 1. The third kappa shape index (κ3) is 9.06. The summed E-state index contributed by atoms with van der Waals surface area (Å²) in [5, 5.41) is 26.1. The van der Waals surface area contributed by atoms with Gasteiger partial charge in [0, 0.05) is 12.8 Å². The standard InChI is InChI=1S/C24H29N5O7/c25-13-21(32)27-17(10-14-4-2-1-3-5-14)22(33)28-18(12-20(26)31)23(34)29-19(24(35)36)11-15-6-8-16(30)9-7-15/h1-9,17-19,30H,10-13,25H2,(H2,26,31)(H,27,32)(H,28,33)(H,29,34)(H,35,36). The number of carboxylic acids is 1. The molecule has 12 nitrogen and oxygen atoms in total. The van der Waals surface area contributed by atoms with Crippen molar-refractivity contribution >= 4 is 29.6 Å². The predicted octanol–water partition coefficient (Wildman–Crippen LogP) is -1.45. The van der Waals surface area contributed by atoms with Crippen LogP contribution in [0.5, 0.6) is 5.75 Å². The molecule has 0 bridgehead atoms. The van der Waals surface area contributed by atoms with Gasteiger partial charge in [0.25, 0.3) is 0 Å². The van der Waals surface area contributed by atoms with Gasteiger partial charge in [0.15, 0.2) is 0 Å². The molecule has 0 radical (unpaired) electrons. The predicted molar refractivity (Wildman–Crippen MR) is 128 cm³/mol. The number of primary amides is 1. The van der Waals surface area contributed by atoms with Crippen molar-refractivity contribution in [2.45, 2.75) is 37.4 Å². The number of amides is 4. The molecule has 0 fully saturated rings. The van der Waals surface area contributed by atoms with Crippen LogP contribution in [0, 0.1) is 0 Å². The number of carboxylic acid groups (broad SMARTS) is 1. The number of hydrogen-bond donors (Lipinski definition) is 7. The van der Waals surface area contributed by atoms with Crippen LogP contribution in [0.1, 0.15) is 17.5 Å². The van der Waals surface area contributed by atoms with E-state index in [0.29, 0.717) is 11.1 Å². The molecule has 3 atom stereocenters. The zero-order valence-corrected chi connectivity index (χ0v) is 19.3. The molecule has 0 aliphatic carbocycles. The molecule has 2 rings (SSSR count). The number of rotatable bonds is 13. The molecule has 12 heteroatoms. The van der Waals surface area contributed by atoms with E-state index >= 15 is 0 Å². The highest BCUT2D eigenvalue weighted by Gasteiger charge is 2.30. The number of carbonyl (C=O) groups is 5. The summed E-state index contributed by atoms with van der Waals surface area (Å²) in [6.45, 7) is -0.374. The van der Waals surface area contributed by atoms with Gasteiger partial charge in [-0.05, 0) is 23.3 Å². The topological polar surface area (TPSA) is 214 Å². The van der Waals surface area contributed by atoms with Crippen molar-refractivity contribution in [1.29, 1.82) is 0 Å². The second kappa shape index (κ2) is 13.4. The Morgan fingerprint density at radius 1 is 0.750 bits per heavy atom. The summed E-state index contributed by atoms with van der Waals surface area (Å²) in [5.74, 6) is -4.61. The van der Waals surface area contributed by atoms with Crippen LogP contribution >= 0.6 is 0 Å². The molecule has 0 saturated carbocycles. The lowest BCUT2D eigenvalue weighted by atomic mass is 10.0. The summed E-state index contributed by atoms with van der Waals surface area (Å²) in [7, 11) is 0. The van der Waals surface area contributed by atoms with Crippen molar-refractivity contribution in [3.63, 3.8) is 0 Å². The van der Waals surface area contributed by atoms with Crippen molar-refractivity contribution in [2.75, 3.05) is 6.54 Å². The van der Waals surface area contributed by atoms with E-state index in [1.165, 1.54) is 24.3 Å². The zero-order valence-electron chi connectivity index (χ0n) is 19.3. The Morgan fingerprint density at radius 3 is 1.83 bits per heavy atom. The maximum Gasteiger partial charge on any atom is 0.326 e. The summed E-state index contributed by atoms with van der Waals surface area (Å²) in [6.07, 6.45) is -0.657. The first-order valence-electron chi connectivity index (χ1n) is 11.0. The summed E-state index contributed by atoms with van der Waals surface area (Å²) < 4.78 is 0. The minimum absolute atomic E-state index is 0.00863. The van der Waals surface area contributed by atoms with Gasteiger partial charge in [-0.1, -0.05) is 42.5 Å². The Morgan fingerprint density at radius 2 is 1.28 bits per heavy atom. The van der Waals surface area contributed by atoms with Crippen LogP contribution in [0.2, 0.25) is 0 Å². The van der Waals surface area contributed by atoms with Crippen LogP contribution in [-0.4, -0.2) is 64.5 Å². The van der Waals surface area contributed by atoms with Crippen LogP contribution in [0.25, 0.3) is 0 Å². The number of phenols is 1. The molecular formula is C24H29N5O7. The van der Waals surface area contributed by atoms with Crippen molar-refractivity contribution in [1.82, 2.24) is 16.0 Å². The average molecular weight is 500 g/mol. The van der Waals surface area contributed by atoms with Crippen LogP contribution in [0.3, 0.4) is 0 Å². The maximum absolute atomic E-state index is 13.0. The smallest absolute Gasteiger partial charge is 0.326 e. The highest BCUT2D eigenvalue weighted by Crippen LogP contribution is 2.12. The Kier molecular flexibility index (Phi) is 10.4. The lowest BCUT2D eigenvalue weighted by Gasteiger charge is -2.24. The quantitative estimate of drug-likeness (QED) is 0.173. The number of hydrogen-bond acceptors (Lipinski definition) is 7. The van der Waals surface area contributed by atoms with Crippen molar-refractivity contribution in [3.8, 4) is 5.75 Å². The summed E-state index contributed by atoms with van der Waals surface area (Å²) in [5.41, 5.74) is 11.8. The fraction of sp³-hybridized carbons (Fsp3) is 0.292. The molecule has 4 amide bonds. The summed E-state index contributed by atoms with van der Waals surface area (Å²) in [6, 6.07) is 10.5. The number of carbonyl (C=O) groups excluding carboxylic acids is 4. The van der Waals surface area contributed by atoms with Gasteiger partial charge in [0.1, 0.15) is 23.9 Å². The molecule has 36 heavy (non-hydrogen) atoms. The van der Waals surface area contributed by atoms with E-state index in [2.05, 4.69) is 16.0 Å². The highest BCUT2D eigenvalue weighted by atomic mass is 16.4. The molecule has 0 spiro atoms. The molecule has 2 aromatic carbocycles. The van der Waals surface area contributed by atoms with Crippen LogP contribution in [0.4, 0.5) is 0 Å². The Bertz CT molecular complexity index is 1080.